The van der Waals surface area contributed by atoms with Crippen LogP contribution in [-0.4, -0.2) is 26.9 Å². The second-order valence-corrected chi connectivity index (χ2v) is 5.28. The number of rotatable bonds is 1. The normalized spacial score (nSPS) is 13.0. The van der Waals surface area contributed by atoms with E-state index in [0.717, 1.165) is 12.1 Å². The first-order valence-electron chi connectivity index (χ1n) is 6.01. The summed E-state index contributed by atoms with van der Waals surface area (Å²) < 4.78 is 0. The van der Waals surface area contributed by atoms with Gasteiger partial charge < -0.3 is 15.3 Å². The Labute approximate surface area is 127 Å². The van der Waals surface area contributed by atoms with Gasteiger partial charge in [-0.2, -0.15) is 0 Å². The average Bonchev–Trinajstić information content (AvgIpc) is 2.43. The molecule has 0 saturated carbocycles. The zero-order chi connectivity index (χ0) is 15.3. The van der Waals surface area contributed by atoms with E-state index in [-0.39, 0.29) is 33.8 Å². The number of phenols is 3. The van der Waals surface area contributed by atoms with E-state index in [0.29, 0.717) is 10.9 Å². The Kier molecular flexibility index (Phi) is 2.98. The summed E-state index contributed by atoms with van der Waals surface area (Å²) in [7, 11) is 0. The summed E-state index contributed by atoms with van der Waals surface area (Å²) in [5.41, 5.74) is 0.300. The monoisotopic (exact) mass is 348 g/mol. The largest absolute Gasteiger partial charge is 0.508 e. The van der Waals surface area contributed by atoms with Gasteiger partial charge in [0.25, 0.3) is 0 Å². The lowest BCUT2D eigenvalue weighted by Crippen LogP contribution is -2.21. The van der Waals surface area contributed by atoms with Crippen molar-refractivity contribution in [2.24, 2.45) is 0 Å². The lowest BCUT2D eigenvalue weighted by Gasteiger charge is -2.20. The third-order valence-corrected chi connectivity index (χ3v) is 4.02. The van der Waals surface area contributed by atoms with Crippen LogP contribution in [0.5, 0.6) is 17.2 Å². The highest BCUT2D eigenvalue weighted by atomic mass is 79.9. The molecule has 106 valence electrons. The maximum Gasteiger partial charge on any atom is 0.201 e. The molecule has 2 aromatic carbocycles. The number of alkyl halides is 1. The number of ketones is 2. The molecular weight excluding hydrogens is 340 g/mol. The van der Waals surface area contributed by atoms with Crippen molar-refractivity contribution in [3.05, 3.63) is 52.1 Å². The summed E-state index contributed by atoms with van der Waals surface area (Å²) in [5, 5.41) is 29.7. The molecule has 1 aliphatic rings. The first-order valence-corrected chi connectivity index (χ1v) is 7.13. The standard InChI is InChI=1S/C15H9BrO5/c16-5-6-1-8-12(10(18)2-6)15(21)13-9(14(8)20)3-7(17)4-11(13)19/h1-4,17-19H,5H2. The van der Waals surface area contributed by atoms with Crippen LogP contribution in [0.3, 0.4) is 0 Å². The zero-order valence-corrected chi connectivity index (χ0v) is 12.1. The minimum atomic E-state index is -0.643. The van der Waals surface area contributed by atoms with Gasteiger partial charge in [-0.25, -0.2) is 0 Å². The minimum absolute atomic E-state index is 0.0620. The number of fused-ring (bicyclic) bond motifs is 2. The first kappa shape index (κ1) is 13.6. The molecular formula is C15H9BrO5. The predicted octanol–water partition coefficient (Wildman–Crippen LogP) is 2.47. The van der Waals surface area contributed by atoms with E-state index in [1.54, 1.807) is 0 Å². The van der Waals surface area contributed by atoms with Gasteiger partial charge in [0.1, 0.15) is 17.2 Å². The number of hydrogen-bond donors (Lipinski definition) is 3. The van der Waals surface area contributed by atoms with Crippen LogP contribution in [0.15, 0.2) is 24.3 Å². The van der Waals surface area contributed by atoms with E-state index in [1.165, 1.54) is 12.1 Å². The van der Waals surface area contributed by atoms with Gasteiger partial charge in [-0.1, -0.05) is 15.9 Å². The minimum Gasteiger partial charge on any atom is -0.508 e. The van der Waals surface area contributed by atoms with Gasteiger partial charge in [0.2, 0.25) is 5.78 Å². The quantitative estimate of drug-likeness (QED) is 0.587. The van der Waals surface area contributed by atoms with E-state index in [9.17, 15) is 24.9 Å². The molecule has 3 N–H and O–H groups in total. The molecule has 2 aromatic rings. The van der Waals surface area contributed by atoms with Gasteiger partial charge in [0.05, 0.1) is 11.1 Å². The lowest BCUT2D eigenvalue weighted by atomic mass is 9.82. The van der Waals surface area contributed by atoms with Gasteiger partial charge in [-0.15, -0.1) is 0 Å². The Morgan fingerprint density at radius 2 is 1.38 bits per heavy atom. The fraction of sp³-hybridized carbons (Fsp3) is 0.0667. The van der Waals surface area contributed by atoms with Gasteiger partial charge in [0.15, 0.2) is 5.78 Å². The van der Waals surface area contributed by atoms with Gasteiger partial charge in [-0.05, 0) is 23.8 Å². The summed E-state index contributed by atoms with van der Waals surface area (Å²) >= 11 is 3.22. The maximum atomic E-state index is 12.5. The zero-order valence-electron chi connectivity index (χ0n) is 10.6. The summed E-state index contributed by atoms with van der Waals surface area (Å²) in [6.45, 7) is 0. The second kappa shape index (κ2) is 4.60. The van der Waals surface area contributed by atoms with Crippen molar-refractivity contribution in [3.63, 3.8) is 0 Å². The molecule has 0 unspecified atom stereocenters. The van der Waals surface area contributed by atoms with Crippen molar-refractivity contribution >= 4 is 27.5 Å². The third kappa shape index (κ3) is 1.91. The molecule has 0 saturated heterocycles. The molecule has 0 spiro atoms. The second-order valence-electron chi connectivity index (χ2n) is 4.72. The Bertz CT molecular complexity index is 810. The third-order valence-electron chi connectivity index (χ3n) is 3.38. The lowest BCUT2D eigenvalue weighted by molar-refractivity contribution is 0.0974. The summed E-state index contributed by atoms with van der Waals surface area (Å²) in [4.78, 5) is 24.9. The van der Waals surface area contributed by atoms with Crippen molar-refractivity contribution < 1.29 is 24.9 Å². The predicted molar refractivity (Wildman–Crippen MR) is 77.4 cm³/mol. The molecule has 5 nitrogen and oxygen atoms in total. The Balaban J connectivity index is 2.35. The van der Waals surface area contributed by atoms with E-state index in [2.05, 4.69) is 15.9 Å². The van der Waals surface area contributed by atoms with Crippen molar-refractivity contribution in [1.29, 1.82) is 0 Å². The average molecular weight is 349 g/mol. The number of phenolic OH excluding ortho intramolecular Hbond substituents is 3. The number of hydrogen-bond acceptors (Lipinski definition) is 5. The Hall–Kier alpha value is -2.34. The molecule has 6 heteroatoms. The highest BCUT2D eigenvalue weighted by Crippen LogP contribution is 2.39. The molecule has 0 fully saturated rings. The van der Waals surface area contributed by atoms with Crippen LogP contribution in [-0.2, 0) is 5.33 Å². The molecule has 0 aromatic heterocycles. The van der Waals surface area contributed by atoms with Crippen LogP contribution in [0.25, 0.3) is 0 Å². The van der Waals surface area contributed by atoms with Gasteiger partial charge >= 0.3 is 0 Å². The number of carbonyl (C=O) groups is 2. The molecule has 0 bridgehead atoms. The molecule has 0 heterocycles. The first-order chi connectivity index (χ1) is 9.93. The van der Waals surface area contributed by atoms with E-state index in [4.69, 9.17) is 0 Å². The fourth-order valence-electron chi connectivity index (χ4n) is 2.48. The van der Waals surface area contributed by atoms with E-state index < -0.39 is 17.3 Å². The molecule has 1 aliphatic carbocycles. The van der Waals surface area contributed by atoms with Crippen LogP contribution in [0.1, 0.15) is 37.4 Å². The van der Waals surface area contributed by atoms with Crippen molar-refractivity contribution in [2.45, 2.75) is 5.33 Å². The van der Waals surface area contributed by atoms with E-state index >= 15 is 0 Å². The van der Waals surface area contributed by atoms with Gasteiger partial charge in [0, 0.05) is 22.5 Å². The summed E-state index contributed by atoms with van der Waals surface area (Å²) in [6.07, 6.45) is 0. The van der Waals surface area contributed by atoms with Crippen molar-refractivity contribution in [1.82, 2.24) is 0 Å². The molecule has 0 aliphatic heterocycles. The highest BCUT2D eigenvalue weighted by molar-refractivity contribution is 9.08. The van der Waals surface area contributed by atoms with Crippen LogP contribution in [0.4, 0.5) is 0 Å². The number of carbonyl (C=O) groups excluding carboxylic acids is 2. The van der Waals surface area contributed by atoms with Crippen LogP contribution >= 0.6 is 15.9 Å². The summed E-state index contributed by atoms with van der Waals surface area (Å²) in [6, 6.07) is 5.02. The Morgan fingerprint density at radius 3 is 2.00 bits per heavy atom. The van der Waals surface area contributed by atoms with Crippen LogP contribution in [0.2, 0.25) is 0 Å². The maximum absolute atomic E-state index is 12.5. The van der Waals surface area contributed by atoms with Crippen molar-refractivity contribution in [3.8, 4) is 17.2 Å². The molecule has 3 rings (SSSR count). The number of aromatic hydroxyl groups is 3. The van der Waals surface area contributed by atoms with Crippen molar-refractivity contribution in [2.75, 3.05) is 0 Å². The molecule has 0 atom stereocenters. The SMILES string of the molecule is O=C1c2cc(O)cc(O)c2C(=O)c2c(O)cc(CBr)cc21. The molecule has 21 heavy (non-hydrogen) atoms. The van der Waals surface area contributed by atoms with E-state index in [1.807, 2.05) is 0 Å². The summed E-state index contributed by atoms with van der Waals surface area (Å²) in [5.74, 6) is -2.27. The van der Waals surface area contributed by atoms with Crippen LogP contribution < -0.4 is 0 Å². The fourth-order valence-corrected chi connectivity index (χ4v) is 2.80. The smallest absolute Gasteiger partial charge is 0.201 e. The Morgan fingerprint density at radius 1 is 0.810 bits per heavy atom. The number of benzene rings is 2. The molecule has 0 amide bonds. The highest BCUT2D eigenvalue weighted by Gasteiger charge is 2.35. The van der Waals surface area contributed by atoms with Gasteiger partial charge in [-0.3, -0.25) is 9.59 Å². The topological polar surface area (TPSA) is 94.8 Å². The number of halogens is 1. The van der Waals surface area contributed by atoms with Crippen LogP contribution in [0, 0.1) is 0 Å². The molecule has 0 radical (unpaired) electrons.